The standard InChI is InChI=1S/C15H14BrCl2NO/c16-12-7-10(5-6-19)2-4-15(12)20-9-11-1-3-13(17)14(18)8-11/h1-4,7-8H,5-6,9,19H2. The topological polar surface area (TPSA) is 35.2 Å². The predicted molar refractivity (Wildman–Crippen MR) is 87.7 cm³/mol. The Hall–Kier alpha value is -0.740. The Balaban J connectivity index is 2.05. The molecule has 0 spiro atoms. The zero-order chi connectivity index (χ0) is 14.5. The Kier molecular flexibility index (Phi) is 5.73. The minimum absolute atomic E-state index is 0.436. The van der Waals surface area contributed by atoms with Crippen LogP contribution in [0, 0.1) is 0 Å². The molecule has 0 aliphatic carbocycles. The molecule has 2 aromatic rings. The van der Waals surface area contributed by atoms with E-state index in [-0.39, 0.29) is 0 Å². The van der Waals surface area contributed by atoms with Crippen molar-refractivity contribution in [1.82, 2.24) is 0 Å². The number of nitrogens with two attached hydrogens (primary N) is 1. The first-order chi connectivity index (χ1) is 9.60. The highest BCUT2D eigenvalue weighted by Gasteiger charge is 2.04. The highest BCUT2D eigenvalue weighted by Crippen LogP contribution is 2.28. The molecule has 0 fully saturated rings. The highest BCUT2D eigenvalue weighted by atomic mass is 79.9. The Labute approximate surface area is 137 Å². The van der Waals surface area contributed by atoms with Gasteiger partial charge in [0.05, 0.1) is 14.5 Å². The van der Waals surface area contributed by atoms with Crippen molar-refractivity contribution in [3.05, 3.63) is 62.0 Å². The molecule has 2 rings (SSSR count). The number of halogens is 3. The van der Waals surface area contributed by atoms with Gasteiger partial charge in [0, 0.05) is 0 Å². The van der Waals surface area contributed by atoms with E-state index in [1.807, 2.05) is 24.3 Å². The first-order valence-corrected chi connectivity index (χ1v) is 7.70. The molecule has 2 nitrogen and oxygen atoms in total. The highest BCUT2D eigenvalue weighted by molar-refractivity contribution is 9.10. The summed E-state index contributed by atoms with van der Waals surface area (Å²) in [7, 11) is 0. The molecule has 0 heterocycles. The summed E-state index contributed by atoms with van der Waals surface area (Å²) in [5.41, 5.74) is 7.69. The van der Waals surface area contributed by atoms with E-state index in [1.54, 1.807) is 12.1 Å². The Morgan fingerprint density at radius 3 is 2.40 bits per heavy atom. The molecule has 2 N–H and O–H groups in total. The maximum atomic E-state index is 5.97. The van der Waals surface area contributed by atoms with Gasteiger partial charge in [0.25, 0.3) is 0 Å². The van der Waals surface area contributed by atoms with Gasteiger partial charge in [-0.3, -0.25) is 0 Å². The van der Waals surface area contributed by atoms with E-state index in [0.29, 0.717) is 23.2 Å². The number of hydrogen-bond acceptors (Lipinski definition) is 2. The lowest BCUT2D eigenvalue weighted by Gasteiger charge is -2.10. The second kappa shape index (κ2) is 7.32. The van der Waals surface area contributed by atoms with Crippen LogP contribution in [0.25, 0.3) is 0 Å². The number of rotatable bonds is 5. The molecule has 5 heteroatoms. The van der Waals surface area contributed by atoms with Crippen LogP contribution >= 0.6 is 39.1 Å². The first-order valence-electron chi connectivity index (χ1n) is 6.15. The molecular formula is C15H14BrCl2NO. The monoisotopic (exact) mass is 373 g/mol. The van der Waals surface area contributed by atoms with Crippen molar-refractivity contribution < 1.29 is 4.74 Å². The van der Waals surface area contributed by atoms with Crippen molar-refractivity contribution in [2.45, 2.75) is 13.0 Å². The molecule has 0 unspecified atom stereocenters. The van der Waals surface area contributed by atoms with Crippen LogP contribution in [-0.2, 0) is 13.0 Å². The molecule has 0 aliphatic heterocycles. The van der Waals surface area contributed by atoms with Crippen molar-refractivity contribution in [2.75, 3.05) is 6.54 Å². The largest absolute Gasteiger partial charge is 0.488 e. The first kappa shape index (κ1) is 15.6. The molecule has 2 aromatic carbocycles. The van der Waals surface area contributed by atoms with Gasteiger partial charge in [-0.05, 0) is 64.3 Å². The maximum absolute atomic E-state index is 5.97. The second-order valence-corrected chi connectivity index (χ2v) is 6.01. The smallest absolute Gasteiger partial charge is 0.134 e. The van der Waals surface area contributed by atoms with E-state index >= 15 is 0 Å². The average molecular weight is 375 g/mol. The molecule has 0 saturated heterocycles. The fraction of sp³-hybridized carbons (Fsp3) is 0.200. The maximum Gasteiger partial charge on any atom is 0.134 e. The molecule has 0 saturated carbocycles. The van der Waals surface area contributed by atoms with Crippen LogP contribution in [0.4, 0.5) is 0 Å². The van der Waals surface area contributed by atoms with Gasteiger partial charge in [-0.25, -0.2) is 0 Å². The van der Waals surface area contributed by atoms with Crippen molar-refractivity contribution in [2.24, 2.45) is 5.73 Å². The van der Waals surface area contributed by atoms with Crippen LogP contribution in [0.15, 0.2) is 40.9 Å². The van der Waals surface area contributed by atoms with Crippen molar-refractivity contribution >= 4 is 39.1 Å². The van der Waals surface area contributed by atoms with Gasteiger partial charge < -0.3 is 10.5 Å². The van der Waals surface area contributed by atoms with Crippen molar-refractivity contribution in [3.63, 3.8) is 0 Å². The molecular weight excluding hydrogens is 361 g/mol. The third kappa shape index (κ3) is 4.13. The summed E-state index contributed by atoms with van der Waals surface area (Å²) < 4.78 is 6.69. The normalized spacial score (nSPS) is 10.6. The third-order valence-corrected chi connectivity index (χ3v) is 4.17. The minimum Gasteiger partial charge on any atom is -0.488 e. The number of hydrogen-bond donors (Lipinski definition) is 1. The van der Waals surface area contributed by atoms with Gasteiger partial charge in [-0.15, -0.1) is 0 Å². The summed E-state index contributed by atoms with van der Waals surface area (Å²) in [6.07, 6.45) is 0.853. The van der Waals surface area contributed by atoms with Crippen molar-refractivity contribution in [3.8, 4) is 5.75 Å². The lowest BCUT2D eigenvalue weighted by molar-refractivity contribution is 0.304. The van der Waals surface area contributed by atoms with Gasteiger partial charge >= 0.3 is 0 Å². The Morgan fingerprint density at radius 1 is 1.00 bits per heavy atom. The predicted octanol–water partition coefficient (Wildman–Crippen LogP) is 4.84. The molecule has 20 heavy (non-hydrogen) atoms. The Bertz CT molecular complexity index is 604. The van der Waals surface area contributed by atoms with E-state index in [4.69, 9.17) is 33.7 Å². The molecule has 0 atom stereocenters. The molecule has 0 aliphatic rings. The van der Waals surface area contributed by atoms with Gasteiger partial charge in [0.1, 0.15) is 12.4 Å². The molecule has 0 amide bonds. The van der Waals surface area contributed by atoms with E-state index in [2.05, 4.69) is 15.9 Å². The van der Waals surface area contributed by atoms with Crippen LogP contribution in [0.2, 0.25) is 10.0 Å². The van der Waals surface area contributed by atoms with Crippen LogP contribution in [-0.4, -0.2) is 6.54 Å². The number of benzene rings is 2. The van der Waals surface area contributed by atoms with Gasteiger partial charge in [0.15, 0.2) is 0 Å². The summed E-state index contributed by atoms with van der Waals surface area (Å²) in [6.45, 7) is 1.07. The summed E-state index contributed by atoms with van der Waals surface area (Å²) in [6, 6.07) is 11.4. The minimum atomic E-state index is 0.436. The van der Waals surface area contributed by atoms with Crippen molar-refractivity contribution in [1.29, 1.82) is 0 Å². The van der Waals surface area contributed by atoms with Crippen LogP contribution in [0.3, 0.4) is 0 Å². The van der Waals surface area contributed by atoms with Crippen LogP contribution < -0.4 is 10.5 Å². The zero-order valence-electron chi connectivity index (χ0n) is 10.7. The fourth-order valence-electron chi connectivity index (χ4n) is 1.77. The number of ether oxygens (including phenoxy) is 1. The summed E-state index contributed by atoms with van der Waals surface area (Å²) in [5.74, 6) is 0.789. The molecule has 0 aromatic heterocycles. The molecule has 106 valence electrons. The average Bonchev–Trinajstić information content (AvgIpc) is 2.42. The molecule has 0 radical (unpaired) electrons. The summed E-state index contributed by atoms with van der Waals surface area (Å²) in [4.78, 5) is 0. The quantitative estimate of drug-likeness (QED) is 0.812. The second-order valence-electron chi connectivity index (χ2n) is 4.34. The Morgan fingerprint density at radius 2 is 1.75 bits per heavy atom. The van der Waals surface area contributed by atoms with E-state index in [1.165, 1.54) is 5.56 Å². The van der Waals surface area contributed by atoms with E-state index in [9.17, 15) is 0 Å². The van der Waals surface area contributed by atoms with Crippen LogP contribution in [0.5, 0.6) is 5.75 Å². The lowest BCUT2D eigenvalue weighted by Crippen LogP contribution is -2.03. The summed E-state index contributed by atoms with van der Waals surface area (Å²) in [5, 5.41) is 1.08. The van der Waals surface area contributed by atoms with Gasteiger partial charge in [-0.1, -0.05) is 35.3 Å². The zero-order valence-corrected chi connectivity index (χ0v) is 13.8. The van der Waals surface area contributed by atoms with Gasteiger partial charge in [0.2, 0.25) is 0 Å². The van der Waals surface area contributed by atoms with Gasteiger partial charge in [-0.2, -0.15) is 0 Å². The SMILES string of the molecule is NCCc1ccc(OCc2ccc(Cl)c(Cl)c2)c(Br)c1. The molecule has 0 bridgehead atoms. The van der Waals surface area contributed by atoms with E-state index in [0.717, 1.165) is 22.2 Å². The fourth-order valence-corrected chi connectivity index (χ4v) is 2.64. The lowest BCUT2D eigenvalue weighted by atomic mass is 10.1. The van der Waals surface area contributed by atoms with E-state index < -0.39 is 0 Å². The summed E-state index contributed by atoms with van der Waals surface area (Å²) >= 11 is 15.4. The third-order valence-electron chi connectivity index (χ3n) is 2.81. The van der Waals surface area contributed by atoms with Crippen LogP contribution in [0.1, 0.15) is 11.1 Å².